The Balaban J connectivity index is 1.99. The Morgan fingerprint density at radius 3 is 1.85 bits per heavy atom. The van der Waals surface area contributed by atoms with Gasteiger partial charge < -0.3 is 4.74 Å². The molecule has 2 atom stereocenters. The number of ketones is 1. The zero-order chi connectivity index (χ0) is 24.1. The molecule has 0 spiro atoms. The van der Waals surface area contributed by atoms with E-state index in [1.807, 2.05) is 74.5 Å². The van der Waals surface area contributed by atoms with Crippen LogP contribution in [0.1, 0.15) is 43.4 Å². The minimum absolute atomic E-state index is 0.0221. The van der Waals surface area contributed by atoms with Gasteiger partial charge in [-0.05, 0) is 48.7 Å². The number of carbonyl (C=O) groups excluding carboxylic acids is 1. The largest absolute Gasteiger partial charge is 0.429 e. The van der Waals surface area contributed by atoms with Crippen molar-refractivity contribution in [2.75, 3.05) is 14.1 Å². The quantitative estimate of drug-likeness (QED) is 0.144. The number of Topliss-reactive ketones (excluding diaryl/α,β-unsaturated/α-hetero) is 1. The predicted molar refractivity (Wildman–Crippen MR) is 137 cm³/mol. The number of rotatable bonds is 10. The third-order valence-electron chi connectivity index (χ3n) is 6.85. The fourth-order valence-corrected chi connectivity index (χ4v) is 4.62. The van der Waals surface area contributed by atoms with Crippen LogP contribution in [0.2, 0.25) is 0 Å². The summed E-state index contributed by atoms with van der Waals surface area (Å²) >= 11 is 6.84. The molecule has 4 heteroatoms. The lowest BCUT2D eigenvalue weighted by molar-refractivity contribution is -0.940. The topological polar surface area (TPSA) is 26.3 Å². The van der Waals surface area contributed by atoms with Crippen LogP contribution < -0.4 is 4.74 Å². The van der Waals surface area contributed by atoms with Crippen molar-refractivity contribution in [3.05, 3.63) is 102 Å². The molecule has 0 fully saturated rings. The zero-order valence-electron chi connectivity index (χ0n) is 20.3. The van der Waals surface area contributed by atoms with E-state index in [-0.39, 0.29) is 11.8 Å². The molecule has 0 aromatic heterocycles. The standard InChI is InChI=1S/C29H35ClNO2/c1-6-27(32)29(24-13-9-7-10-14-24,25-15-11-8-12-16-25)21-23(3)31(4,5)28(30)33-26-19-17-22(2)18-20-26/h7-20,23,28H,6,21H2,1-5H3/q+1. The number of nitrogens with zero attached hydrogens (tertiary/aromatic N) is 1. The maximum absolute atomic E-state index is 13.7. The summed E-state index contributed by atoms with van der Waals surface area (Å²) < 4.78 is 6.52. The highest BCUT2D eigenvalue weighted by atomic mass is 35.5. The van der Waals surface area contributed by atoms with Gasteiger partial charge in [0, 0.05) is 12.8 Å². The van der Waals surface area contributed by atoms with Gasteiger partial charge in [0.25, 0.3) is 0 Å². The summed E-state index contributed by atoms with van der Waals surface area (Å²) in [6.07, 6.45) is 1.06. The van der Waals surface area contributed by atoms with Gasteiger partial charge in [-0.25, -0.2) is 0 Å². The molecule has 0 aliphatic heterocycles. The second-order valence-electron chi connectivity index (χ2n) is 9.32. The van der Waals surface area contributed by atoms with Crippen molar-refractivity contribution in [3.8, 4) is 5.75 Å². The second-order valence-corrected chi connectivity index (χ2v) is 9.69. The van der Waals surface area contributed by atoms with E-state index in [2.05, 4.69) is 45.3 Å². The Bertz CT molecular complexity index is 993. The third kappa shape index (κ3) is 5.31. The fourth-order valence-electron chi connectivity index (χ4n) is 4.33. The van der Waals surface area contributed by atoms with Crippen LogP contribution in [0.25, 0.3) is 0 Å². The monoisotopic (exact) mass is 464 g/mol. The number of aryl methyl sites for hydroxylation is 1. The first-order valence-electron chi connectivity index (χ1n) is 11.6. The molecular weight excluding hydrogens is 430 g/mol. The van der Waals surface area contributed by atoms with E-state index in [0.717, 1.165) is 16.9 Å². The molecular formula is C29H35ClNO2+. The summed E-state index contributed by atoms with van der Waals surface area (Å²) in [6.45, 7) is 6.14. The van der Waals surface area contributed by atoms with E-state index in [9.17, 15) is 4.79 Å². The maximum Gasteiger partial charge on any atom is 0.313 e. The van der Waals surface area contributed by atoms with Crippen LogP contribution in [0.15, 0.2) is 84.9 Å². The summed E-state index contributed by atoms with van der Waals surface area (Å²) in [5, 5.41) is 0. The summed E-state index contributed by atoms with van der Waals surface area (Å²) in [5.74, 6) is 0.943. The van der Waals surface area contributed by atoms with E-state index in [1.165, 1.54) is 5.56 Å². The molecule has 3 rings (SSSR count). The number of ether oxygens (including phenoxy) is 1. The van der Waals surface area contributed by atoms with Crippen molar-refractivity contribution in [2.24, 2.45) is 0 Å². The third-order valence-corrected chi connectivity index (χ3v) is 7.44. The zero-order valence-corrected chi connectivity index (χ0v) is 21.0. The number of quaternary nitrogens is 1. The number of benzene rings is 3. The van der Waals surface area contributed by atoms with E-state index in [1.54, 1.807) is 0 Å². The fraction of sp³-hybridized carbons (Fsp3) is 0.345. The average molecular weight is 465 g/mol. The van der Waals surface area contributed by atoms with Gasteiger partial charge in [0.05, 0.1) is 25.6 Å². The van der Waals surface area contributed by atoms with E-state index >= 15 is 0 Å². The number of carbonyl (C=O) groups is 1. The molecule has 174 valence electrons. The van der Waals surface area contributed by atoms with Gasteiger partial charge in [-0.2, -0.15) is 0 Å². The van der Waals surface area contributed by atoms with Gasteiger partial charge in [-0.1, -0.05) is 85.3 Å². The Morgan fingerprint density at radius 2 is 1.39 bits per heavy atom. The minimum Gasteiger partial charge on any atom is -0.429 e. The van der Waals surface area contributed by atoms with Gasteiger partial charge >= 0.3 is 5.69 Å². The van der Waals surface area contributed by atoms with Gasteiger partial charge in [-0.15, -0.1) is 0 Å². The SMILES string of the molecule is CCC(=O)C(CC(C)[N+](C)(C)C(Cl)Oc1ccc(C)cc1)(c1ccccc1)c1ccccc1. The smallest absolute Gasteiger partial charge is 0.313 e. The summed E-state index contributed by atoms with van der Waals surface area (Å²) in [6, 6.07) is 28.2. The molecule has 3 nitrogen and oxygen atoms in total. The summed E-state index contributed by atoms with van der Waals surface area (Å²) in [4.78, 5) is 13.7. The molecule has 0 heterocycles. The summed E-state index contributed by atoms with van der Waals surface area (Å²) in [5.41, 5.74) is 1.83. The van der Waals surface area contributed by atoms with Crippen LogP contribution >= 0.6 is 11.6 Å². The van der Waals surface area contributed by atoms with Crippen LogP contribution in [0.5, 0.6) is 5.75 Å². The first-order chi connectivity index (χ1) is 15.7. The van der Waals surface area contributed by atoms with Crippen molar-refractivity contribution in [2.45, 2.75) is 50.8 Å². The highest BCUT2D eigenvalue weighted by molar-refractivity contribution is 6.18. The molecule has 2 unspecified atom stereocenters. The molecule has 0 saturated carbocycles. The molecule has 33 heavy (non-hydrogen) atoms. The van der Waals surface area contributed by atoms with Crippen LogP contribution in [-0.4, -0.2) is 36.1 Å². The molecule has 3 aromatic carbocycles. The normalized spacial score (nSPS) is 13.9. The van der Waals surface area contributed by atoms with E-state index in [0.29, 0.717) is 17.3 Å². The number of alkyl halides is 1. The Kier molecular flexibility index (Phi) is 7.99. The van der Waals surface area contributed by atoms with Gasteiger partial charge in [0.2, 0.25) is 0 Å². The first-order valence-corrected chi connectivity index (χ1v) is 12.0. The summed E-state index contributed by atoms with van der Waals surface area (Å²) in [7, 11) is 4.13. The number of hydrogen-bond acceptors (Lipinski definition) is 2. The van der Waals surface area contributed by atoms with Crippen molar-refractivity contribution in [1.29, 1.82) is 0 Å². The van der Waals surface area contributed by atoms with E-state index < -0.39 is 11.1 Å². The molecule has 3 aromatic rings. The maximum atomic E-state index is 13.7. The molecule has 0 aliphatic rings. The Morgan fingerprint density at radius 1 is 0.909 bits per heavy atom. The number of halogens is 1. The highest BCUT2D eigenvalue weighted by Crippen LogP contribution is 2.41. The van der Waals surface area contributed by atoms with Gasteiger partial charge in [0.1, 0.15) is 11.5 Å². The molecule has 0 aliphatic carbocycles. The van der Waals surface area contributed by atoms with Crippen LogP contribution in [0, 0.1) is 6.92 Å². The Hall–Kier alpha value is -2.62. The Labute approximate surface area is 203 Å². The first kappa shape index (κ1) is 25.0. The van der Waals surface area contributed by atoms with Gasteiger partial charge in [-0.3, -0.25) is 9.28 Å². The lowest BCUT2D eigenvalue weighted by Gasteiger charge is -2.43. The average Bonchev–Trinajstić information content (AvgIpc) is 2.84. The lowest BCUT2D eigenvalue weighted by Crippen LogP contribution is -2.57. The van der Waals surface area contributed by atoms with Crippen molar-refractivity contribution < 1.29 is 14.0 Å². The van der Waals surface area contributed by atoms with Crippen LogP contribution in [0.3, 0.4) is 0 Å². The predicted octanol–water partition coefficient (Wildman–Crippen LogP) is 6.72. The van der Waals surface area contributed by atoms with E-state index in [4.69, 9.17) is 16.3 Å². The molecule has 0 bridgehead atoms. The van der Waals surface area contributed by atoms with Crippen molar-refractivity contribution >= 4 is 17.4 Å². The molecule has 0 N–H and O–H groups in total. The minimum atomic E-state index is -0.757. The molecule has 0 saturated heterocycles. The number of hydrogen-bond donors (Lipinski definition) is 0. The van der Waals surface area contributed by atoms with Crippen LogP contribution in [0.4, 0.5) is 0 Å². The highest BCUT2D eigenvalue weighted by Gasteiger charge is 2.46. The van der Waals surface area contributed by atoms with Gasteiger partial charge in [0.15, 0.2) is 0 Å². The molecule has 0 amide bonds. The molecule has 0 radical (unpaired) electrons. The van der Waals surface area contributed by atoms with Crippen molar-refractivity contribution in [3.63, 3.8) is 0 Å². The van der Waals surface area contributed by atoms with Crippen LogP contribution in [-0.2, 0) is 10.2 Å². The second kappa shape index (κ2) is 10.5. The van der Waals surface area contributed by atoms with Crippen molar-refractivity contribution in [1.82, 2.24) is 0 Å². The lowest BCUT2D eigenvalue weighted by atomic mass is 9.66.